The van der Waals surface area contributed by atoms with Gasteiger partial charge in [0, 0.05) is 37.3 Å². The van der Waals surface area contributed by atoms with Crippen LogP contribution in [0, 0.1) is 0 Å². The van der Waals surface area contributed by atoms with Gasteiger partial charge in [-0.15, -0.1) is 0 Å². The first kappa shape index (κ1) is 17.9. The molecule has 1 amide bonds. The van der Waals surface area contributed by atoms with E-state index in [1.54, 1.807) is 0 Å². The number of nitrogens with one attached hydrogen (secondary N) is 1. The maximum atomic E-state index is 13.0. The van der Waals surface area contributed by atoms with Crippen molar-refractivity contribution in [2.45, 2.75) is 32.9 Å². The molecule has 1 aromatic heterocycles. The predicted molar refractivity (Wildman–Crippen MR) is 104 cm³/mol. The number of benzene rings is 2. The highest BCUT2D eigenvalue weighted by molar-refractivity contribution is 6.10. The molecule has 3 rings (SSSR count). The molecule has 0 spiro atoms. The summed E-state index contributed by atoms with van der Waals surface area (Å²) in [7, 11) is 4.01. The number of aryl methyl sites for hydroxylation is 1. The SMILES string of the molecule is CC[C@H](NC(=O)c1ccc(N(C)C)c2ccccc12)c1ncnn1CC. The lowest BCUT2D eigenvalue weighted by molar-refractivity contribution is 0.0934. The summed E-state index contributed by atoms with van der Waals surface area (Å²) in [6, 6.07) is 11.7. The summed E-state index contributed by atoms with van der Waals surface area (Å²) in [6.07, 6.45) is 2.28. The molecule has 0 fully saturated rings. The fraction of sp³-hybridized carbons (Fsp3) is 0.350. The third-order valence-electron chi connectivity index (χ3n) is 4.60. The fourth-order valence-electron chi connectivity index (χ4n) is 3.24. The molecular weight excluding hydrogens is 326 g/mol. The summed E-state index contributed by atoms with van der Waals surface area (Å²) in [4.78, 5) is 19.4. The maximum absolute atomic E-state index is 13.0. The molecule has 2 aromatic carbocycles. The van der Waals surface area contributed by atoms with Crippen LogP contribution in [0.3, 0.4) is 0 Å². The Bertz CT molecular complexity index is 915. The number of aromatic nitrogens is 3. The van der Waals surface area contributed by atoms with Crippen molar-refractivity contribution in [1.29, 1.82) is 0 Å². The van der Waals surface area contributed by atoms with Crippen molar-refractivity contribution in [1.82, 2.24) is 20.1 Å². The Hall–Kier alpha value is -2.89. The lowest BCUT2D eigenvalue weighted by Gasteiger charge is -2.20. The van der Waals surface area contributed by atoms with E-state index in [2.05, 4.69) is 20.3 Å². The molecule has 136 valence electrons. The highest BCUT2D eigenvalue weighted by atomic mass is 16.1. The van der Waals surface area contributed by atoms with Crippen LogP contribution in [0.2, 0.25) is 0 Å². The Morgan fingerprint density at radius 2 is 1.88 bits per heavy atom. The van der Waals surface area contributed by atoms with E-state index in [1.165, 1.54) is 6.33 Å². The number of hydrogen-bond donors (Lipinski definition) is 1. The lowest BCUT2D eigenvalue weighted by atomic mass is 10.0. The molecule has 1 heterocycles. The van der Waals surface area contributed by atoms with Crippen molar-refractivity contribution in [3.05, 3.63) is 54.1 Å². The molecule has 0 aliphatic rings. The smallest absolute Gasteiger partial charge is 0.252 e. The quantitative estimate of drug-likeness (QED) is 0.739. The summed E-state index contributed by atoms with van der Waals surface area (Å²) in [5.74, 6) is 0.696. The molecule has 0 aliphatic heterocycles. The molecule has 0 radical (unpaired) electrons. The van der Waals surface area contributed by atoms with Crippen LogP contribution in [0.15, 0.2) is 42.7 Å². The summed E-state index contributed by atoms with van der Waals surface area (Å²) in [5.41, 5.74) is 1.77. The summed E-state index contributed by atoms with van der Waals surface area (Å²) >= 11 is 0. The van der Waals surface area contributed by atoms with Crippen molar-refractivity contribution >= 4 is 22.4 Å². The number of amides is 1. The second-order valence-corrected chi connectivity index (χ2v) is 6.44. The number of nitrogens with zero attached hydrogens (tertiary/aromatic N) is 4. The first-order valence-corrected chi connectivity index (χ1v) is 8.94. The minimum Gasteiger partial charge on any atom is -0.377 e. The second kappa shape index (κ2) is 7.56. The third kappa shape index (κ3) is 3.27. The number of carbonyl (C=O) groups is 1. The van der Waals surface area contributed by atoms with Gasteiger partial charge in [-0.25, -0.2) is 9.67 Å². The number of rotatable bonds is 6. The first-order valence-electron chi connectivity index (χ1n) is 8.94. The van der Waals surface area contributed by atoms with E-state index in [0.717, 1.165) is 35.2 Å². The first-order chi connectivity index (χ1) is 12.6. The van der Waals surface area contributed by atoms with Crippen molar-refractivity contribution in [3.8, 4) is 0 Å². The Morgan fingerprint density at radius 3 is 2.54 bits per heavy atom. The topological polar surface area (TPSA) is 63.1 Å². The van der Waals surface area contributed by atoms with Crippen LogP contribution in [0.4, 0.5) is 5.69 Å². The van der Waals surface area contributed by atoms with Crippen molar-refractivity contribution in [2.75, 3.05) is 19.0 Å². The van der Waals surface area contributed by atoms with Crippen LogP contribution >= 0.6 is 0 Å². The zero-order valence-corrected chi connectivity index (χ0v) is 15.7. The summed E-state index contributed by atoms with van der Waals surface area (Å²) in [5, 5.41) is 9.35. The monoisotopic (exact) mass is 351 g/mol. The Balaban J connectivity index is 1.96. The van der Waals surface area contributed by atoms with Gasteiger partial charge in [-0.1, -0.05) is 31.2 Å². The van der Waals surface area contributed by atoms with Gasteiger partial charge in [-0.2, -0.15) is 5.10 Å². The van der Waals surface area contributed by atoms with Crippen LogP contribution in [-0.2, 0) is 6.54 Å². The van der Waals surface area contributed by atoms with E-state index in [9.17, 15) is 4.79 Å². The standard InChI is InChI=1S/C20H25N5O/c1-5-17(19-21-13-22-25(19)6-2)23-20(26)16-11-12-18(24(3)4)15-10-8-7-9-14(15)16/h7-13,17H,5-6H2,1-4H3,(H,23,26)/t17-/m0/s1. The average Bonchev–Trinajstić information content (AvgIpc) is 3.13. The minimum absolute atomic E-state index is 0.0935. The van der Waals surface area contributed by atoms with Crippen molar-refractivity contribution in [3.63, 3.8) is 0 Å². The van der Waals surface area contributed by atoms with Crippen LogP contribution in [0.5, 0.6) is 0 Å². The van der Waals surface area contributed by atoms with Crippen LogP contribution in [0.25, 0.3) is 10.8 Å². The van der Waals surface area contributed by atoms with Crippen LogP contribution < -0.4 is 10.2 Å². The summed E-state index contributed by atoms with van der Waals surface area (Å²) in [6.45, 7) is 4.77. The molecule has 0 bridgehead atoms. The second-order valence-electron chi connectivity index (χ2n) is 6.44. The minimum atomic E-state index is -0.169. The number of hydrogen-bond acceptors (Lipinski definition) is 4. The van der Waals surface area contributed by atoms with Gasteiger partial charge in [0.2, 0.25) is 0 Å². The van der Waals surface area contributed by atoms with Gasteiger partial charge in [-0.3, -0.25) is 4.79 Å². The summed E-state index contributed by atoms with van der Waals surface area (Å²) < 4.78 is 1.82. The molecule has 0 saturated carbocycles. The number of carbonyl (C=O) groups excluding carboxylic acids is 1. The lowest BCUT2D eigenvalue weighted by Crippen LogP contribution is -2.30. The molecule has 0 unspecified atom stereocenters. The highest BCUT2D eigenvalue weighted by Crippen LogP contribution is 2.29. The van der Waals surface area contributed by atoms with Gasteiger partial charge >= 0.3 is 0 Å². The molecule has 6 nitrogen and oxygen atoms in total. The zero-order valence-electron chi connectivity index (χ0n) is 15.7. The van der Waals surface area contributed by atoms with E-state index in [4.69, 9.17) is 0 Å². The van der Waals surface area contributed by atoms with E-state index in [0.29, 0.717) is 5.56 Å². The predicted octanol–water partition coefficient (Wildman–Crippen LogP) is 3.40. The van der Waals surface area contributed by atoms with Gasteiger partial charge in [0.05, 0.1) is 6.04 Å². The molecule has 26 heavy (non-hydrogen) atoms. The average molecular weight is 351 g/mol. The van der Waals surface area contributed by atoms with Gasteiger partial charge in [0.1, 0.15) is 12.2 Å². The molecule has 1 N–H and O–H groups in total. The van der Waals surface area contributed by atoms with Gasteiger partial charge in [0.15, 0.2) is 0 Å². The Labute approximate surface area is 153 Å². The normalized spacial score (nSPS) is 12.2. The molecule has 0 saturated heterocycles. The number of fused-ring (bicyclic) bond motifs is 1. The third-order valence-corrected chi connectivity index (χ3v) is 4.60. The Kier molecular flexibility index (Phi) is 5.21. The van der Waals surface area contributed by atoms with E-state index < -0.39 is 0 Å². The molecule has 1 atom stereocenters. The van der Waals surface area contributed by atoms with Crippen LogP contribution in [-0.4, -0.2) is 34.8 Å². The number of anilines is 1. The molecule has 3 aromatic rings. The largest absolute Gasteiger partial charge is 0.377 e. The zero-order chi connectivity index (χ0) is 18.7. The van der Waals surface area contributed by atoms with Crippen LogP contribution in [0.1, 0.15) is 42.5 Å². The van der Waals surface area contributed by atoms with Gasteiger partial charge in [-0.05, 0) is 30.9 Å². The fourth-order valence-corrected chi connectivity index (χ4v) is 3.24. The maximum Gasteiger partial charge on any atom is 0.252 e. The van der Waals surface area contributed by atoms with Crippen molar-refractivity contribution in [2.24, 2.45) is 0 Å². The van der Waals surface area contributed by atoms with Gasteiger partial charge < -0.3 is 10.2 Å². The van der Waals surface area contributed by atoms with Crippen molar-refractivity contribution < 1.29 is 4.79 Å². The molecule has 6 heteroatoms. The van der Waals surface area contributed by atoms with E-state index in [1.807, 2.05) is 69.0 Å². The Morgan fingerprint density at radius 1 is 1.15 bits per heavy atom. The highest BCUT2D eigenvalue weighted by Gasteiger charge is 2.20. The van der Waals surface area contributed by atoms with E-state index >= 15 is 0 Å². The molecule has 0 aliphatic carbocycles. The van der Waals surface area contributed by atoms with Gasteiger partial charge in [0.25, 0.3) is 5.91 Å². The molecular formula is C20H25N5O. The van der Waals surface area contributed by atoms with E-state index in [-0.39, 0.29) is 11.9 Å².